The Morgan fingerprint density at radius 3 is 2.07 bits per heavy atom. The largest absolute Gasteiger partial charge is 0.325 e. The van der Waals surface area contributed by atoms with Crippen molar-refractivity contribution in [2.24, 2.45) is 5.92 Å². The minimum absolute atomic E-state index is 0.151. The maximum atomic E-state index is 13.9. The monoisotopic (exact) mass is 407 g/mol. The zero-order valence-corrected chi connectivity index (χ0v) is 18.6. The summed E-state index contributed by atoms with van der Waals surface area (Å²) in [4.78, 5) is 0. The van der Waals surface area contributed by atoms with Gasteiger partial charge in [0.1, 0.15) is 0 Å². The van der Waals surface area contributed by atoms with Crippen LogP contribution in [0.25, 0.3) is 0 Å². The predicted octanol–water partition coefficient (Wildman–Crippen LogP) is 4.31. The molecule has 0 saturated heterocycles. The Morgan fingerprint density at radius 2 is 1.56 bits per heavy atom. The molecule has 3 unspecified atom stereocenters. The van der Waals surface area contributed by atoms with E-state index in [2.05, 4.69) is 18.6 Å². The molecule has 0 aromatic heterocycles. The SMILES string of the molecule is COP(=O)(c1ccccc1)c1ccccc1C(NS(=O)C(C)(C)C)C(C)C. The summed E-state index contributed by atoms with van der Waals surface area (Å²) in [5.41, 5.74) is 0.860. The van der Waals surface area contributed by atoms with Crippen LogP contribution in [0.3, 0.4) is 0 Å². The van der Waals surface area contributed by atoms with Crippen molar-refractivity contribution in [3.05, 3.63) is 60.2 Å². The molecule has 0 aliphatic carbocycles. The molecule has 1 N–H and O–H groups in total. The van der Waals surface area contributed by atoms with Crippen LogP contribution in [-0.4, -0.2) is 16.1 Å². The molecule has 6 heteroatoms. The average molecular weight is 408 g/mol. The van der Waals surface area contributed by atoms with Gasteiger partial charge >= 0.3 is 0 Å². The summed E-state index contributed by atoms with van der Waals surface area (Å²) in [6, 6.07) is 16.6. The topological polar surface area (TPSA) is 55.4 Å². The summed E-state index contributed by atoms with van der Waals surface area (Å²) in [7, 11) is -3.03. The summed E-state index contributed by atoms with van der Waals surface area (Å²) >= 11 is 0. The highest BCUT2D eigenvalue weighted by atomic mass is 32.2. The first-order chi connectivity index (χ1) is 12.6. The number of hydrogen-bond acceptors (Lipinski definition) is 3. The van der Waals surface area contributed by atoms with Gasteiger partial charge in [-0.05, 0) is 50.5 Å². The molecule has 0 bridgehead atoms. The molecular weight excluding hydrogens is 377 g/mol. The third kappa shape index (κ3) is 4.97. The second-order valence-corrected chi connectivity index (χ2v) is 12.3. The minimum Gasteiger partial charge on any atom is -0.325 e. The molecule has 2 aromatic rings. The van der Waals surface area contributed by atoms with Crippen molar-refractivity contribution in [1.82, 2.24) is 4.72 Å². The van der Waals surface area contributed by atoms with E-state index >= 15 is 0 Å². The zero-order chi connectivity index (χ0) is 20.2. The van der Waals surface area contributed by atoms with Gasteiger partial charge in [-0.25, -0.2) is 8.93 Å². The third-order valence-electron chi connectivity index (χ3n) is 4.40. The first kappa shape index (κ1) is 22.0. The summed E-state index contributed by atoms with van der Waals surface area (Å²) in [5.74, 6) is 0.151. The van der Waals surface area contributed by atoms with Gasteiger partial charge in [0.25, 0.3) is 7.37 Å². The maximum absolute atomic E-state index is 13.9. The fraction of sp³-hybridized carbons (Fsp3) is 0.429. The van der Waals surface area contributed by atoms with Gasteiger partial charge in [0.15, 0.2) is 0 Å². The van der Waals surface area contributed by atoms with Gasteiger partial charge in [0.2, 0.25) is 0 Å². The number of rotatable bonds is 7. The Morgan fingerprint density at radius 1 is 1.00 bits per heavy atom. The van der Waals surface area contributed by atoms with Crippen molar-refractivity contribution >= 4 is 29.0 Å². The molecule has 0 fully saturated rings. The van der Waals surface area contributed by atoms with Gasteiger partial charge in [-0.1, -0.05) is 50.2 Å². The van der Waals surface area contributed by atoms with E-state index in [0.29, 0.717) is 10.6 Å². The van der Waals surface area contributed by atoms with Crippen LogP contribution in [0.5, 0.6) is 0 Å². The number of nitrogens with one attached hydrogen (secondary N) is 1. The molecule has 4 nitrogen and oxygen atoms in total. The van der Waals surface area contributed by atoms with E-state index in [1.807, 2.05) is 75.4 Å². The van der Waals surface area contributed by atoms with Gasteiger partial charge in [-0.3, -0.25) is 4.57 Å². The van der Waals surface area contributed by atoms with Gasteiger partial charge in [-0.2, -0.15) is 0 Å². The smallest absolute Gasteiger partial charge is 0.261 e. The van der Waals surface area contributed by atoms with E-state index in [-0.39, 0.29) is 12.0 Å². The number of hydrogen-bond donors (Lipinski definition) is 1. The Balaban J connectivity index is 2.58. The molecule has 0 spiro atoms. The van der Waals surface area contributed by atoms with Gasteiger partial charge < -0.3 is 4.52 Å². The van der Waals surface area contributed by atoms with Crippen molar-refractivity contribution in [3.8, 4) is 0 Å². The average Bonchev–Trinajstić information content (AvgIpc) is 2.65. The molecule has 0 aliphatic heterocycles. The second kappa shape index (κ2) is 8.83. The Bertz CT molecular complexity index is 831. The highest BCUT2D eigenvalue weighted by Crippen LogP contribution is 2.46. The zero-order valence-electron chi connectivity index (χ0n) is 16.9. The minimum atomic E-state index is -3.26. The predicted molar refractivity (Wildman–Crippen MR) is 115 cm³/mol. The first-order valence-corrected chi connectivity index (χ1v) is 11.9. The van der Waals surface area contributed by atoms with Gasteiger partial charge in [0, 0.05) is 23.8 Å². The van der Waals surface area contributed by atoms with Crippen LogP contribution < -0.4 is 15.3 Å². The lowest BCUT2D eigenvalue weighted by atomic mass is 9.97. The van der Waals surface area contributed by atoms with Crippen molar-refractivity contribution in [1.29, 1.82) is 0 Å². The fourth-order valence-electron chi connectivity index (χ4n) is 2.84. The van der Waals surface area contributed by atoms with Crippen LogP contribution in [0.1, 0.15) is 46.2 Å². The molecule has 148 valence electrons. The van der Waals surface area contributed by atoms with Crippen LogP contribution in [0.4, 0.5) is 0 Å². The van der Waals surface area contributed by atoms with Crippen LogP contribution in [-0.2, 0) is 20.1 Å². The molecule has 2 rings (SSSR count). The highest BCUT2D eigenvalue weighted by Gasteiger charge is 2.34. The highest BCUT2D eigenvalue weighted by molar-refractivity contribution is 7.84. The fourth-order valence-corrected chi connectivity index (χ4v) is 5.91. The summed E-state index contributed by atoms with van der Waals surface area (Å²) in [6.45, 7) is 9.93. The van der Waals surface area contributed by atoms with E-state index in [4.69, 9.17) is 4.52 Å². The van der Waals surface area contributed by atoms with Crippen LogP contribution in [0.2, 0.25) is 0 Å². The van der Waals surface area contributed by atoms with E-state index in [1.54, 1.807) is 0 Å². The molecule has 0 aliphatic rings. The van der Waals surface area contributed by atoms with E-state index < -0.39 is 23.1 Å². The van der Waals surface area contributed by atoms with E-state index in [0.717, 1.165) is 5.56 Å². The molecule has 0 heterocycles. The van der Waals surface area contributed by atoms with Crippen molar-refractivity contribution in [3.63, 3.8) is 0 Å². The normalized spacial score (nSPS) is 16.7. The van der Waals surface area contributed by atoms with Gasteiger partial charge in [0.05, 0.1) is 15.7 Å². The van der Waals surface area contributed by atoms with Crippen LogP contribution >= 0.6 is 7.37 Å². The Labute approximate surface area is 165 Å². The molecule has 27 heavy (non-hydrogen) atoms. The van der Waals surface area contributed by atoms with E-state index in [9.17, 15) is 8.77 Å². The Kier molecular flexibility index (Phi) is 7.20. The molecule has 0 saturated carbocycles. The van der Waals surface area contributed by atoms with E-state index in [1.165, 1.54) is 7.11 Å². The van der Waals surface area contributed by atoms with Crippen molar-refractivity contribution in [2.75, 3.05) is 7.11 Å². The lowest BCUT2D eigenvalue weighted by Gasteiger charge is -2.30. The van der Waals surface area contributed by atoms with Gasteiger partial charge in [-0.15, -0.1) is 0 Å². The Hall–Kier alpha value is -1.26. The summed E-state index contributed by atoms with van der Waals surface area (Å²) in [5, 5.41) is 1.30. The van der Waals surface area contributed by atoms with Crippen LogP contribution in [0, 0.1) is 5.92 Å². The molecular formula is C21H30NO3PS. The summed E-state index contributed by atoms with van der Waals surface area (Å²) < 4.78 is 35.1. The molecule has 0 amide bonds. The lowest BCUT2D eigenvalue weighted by Crippen LogP contribution is -2.39. The lowest BCUT2D eigenvalue weighted by molar-refractivity contribution is 0.411. The summed E-state index contributed by atoms with van der Waals surface area (Å²) in [6.07, 6.45) is 0. The molecule has 0 radical (unpaired) electrons. The first-order valence-electron chi connectivity index (χ1n) is 9.10. The van der Waals surface area contributed by atoms with Crippen LogP contribution in [0.15, 0.2) is 54.6 Å². The number of benzene rings is 2. The molecule has 2 aromatic carbocycles. The second-order valence-electron chi connectivity index (χ2n) is 7.85. The maximum Gasteiger partial charge on any atom is 0.261 e. The van der Waals surface area contributed by atoms with Crippen molar-refractivity contribution in [2.45, 2.75) is 45.4 Å². The quantitative estimate of drug-likeness (QED) is 0.696. The molecule has 3 atom stereocenters. The third-order valence-corrected chi connectivity index (χ3v) is 8.51. The van der Waals surface area contributed by atoms with Crippen molar-refractivity contribution < 1.29 is 13.3 Å². The standard InChI is InChI=1S/C21H30NO3PS/c1-16(2)20(22-27(24)21(3,4)5)18-14-10-11-15-19(18)26(23,25-6)17-12-8-7-9-13-17/h7-16,20,22H,1-6H3.